The summed E-state index contributed by atoms with van der Waals surface area (Å²) >= 11 is 0. The van der Waals surface area contributed by atoms with Crippen molar-refractivity contribution in [2.24, 2.45) is 0 Å². The summed E-state index contributed by atoms with van der Waals surface area (Å²) in [5.41, 5.74) is 1.49. The van der Waals surface area contributed by atoms with Crippen LogP contribution < -0.4 is 15.4 Å². The van der Waals surface area contributed by atoms with Gasteiger partial charge >= 0.3 is 6.03 Å². The SMILES string of the molecule is COCCCNC(=O)N1CCOc2ccc(NC(=O)COC)cc2C1. The molecule has 0 fully saturated rings. The second kappa shape index (κ2) is 9.85. The lowest BCUT2D eigenvalue weighted by Gasteiger charge is -2.20. The van der Waals surface area contributed by atoms with Crippen molar-refractivity contribution in [3.63, 3.8) is 0 Å². The van der Waals surface area contributed by atoms with Crippen LogP contribution in [0.3, 0.4) is 0 Å². The maximum Gasteiger partial charge on any atom is 0.317 e. The lowest BCUT2D eigenvalue weighted by molar-refractivity contribution is -0.119. The van der Waals surface area contributed by atoms with Gasteiger partial charge < -0.3 is 29.7 Å². The summed E-state index contributed by atoms with van der Waals surface area (Å²) in [4.78, 5) is 25.6. The van der Waals surface area contributed by atoms with Crippen LogP contribution in [0.25, 0.3) is 0 Å². The molecule has 8 nitrogen and oxygen atoms in total. The topological polar surface area (TPSA) is 89.1 Å². The van der Waals surface area contributed by atoms with E-state index in [0.717, 1.165) is 17.7 Å². The first-order valence-electron chi connectivity index (χ1n) is 8.20. The molecule has 0 aromatic heterocycles. The Hall–Kier alpha value is -2.32. The normalized spacial score (nSPS) is 13.4. The Kier molecular flexibility index (Phi) is 7.49. The summed E-state index contributed by atoms with van der Waals surface area (Å²) in [7, 11) is 3.10. The fourth-order valence-corrected chi connectivity index (χ4v) is 2.50. The number of nitrogens with one attached hydrogen (secondary N) is 2. The Morgan fingerprint density at radius 1 is 1.28 bits per heavy atom. The van der Waals surface area contributed by atoms with Crippen molar-refractivity contribution < 1.29 is 23.8 Å². The number of benzene rings is 1. The van der Waals surface area contributed by atoms with E-state index in [0.29, 0.717) is 38.5 Å². The molecule has 1 aliphatic rings. The molecule has 0 bridgehead atoms. The number of urea groups is 1. The van der Waals surface area contributed by atoms with E-state index in [-0.39, 0.29) is 18.5 Å². The van der Waals surface area contributed by atoms with Gasteiger partial charge in [0.15, 0.2) is 0 Å². The molecule has 0 saturated carbocycles. The molecule has 0 radical (unpaired) electrons. The molecule has 1 aromatic carbocycles. The van der Waals surface area contributed by atoms with Crippen LogP contribution >= 0.6 is 0 Å². The number of ether oxygens (including phenoxy) is 3. The fraction of sp³-hybridized carbons (Fsp3) is 0.529. The number of hydrogen-bond acceptors (Lipinski definition) is 5. The van der Waals surface area contributed by atoms with Crippen LogP contribution in [0, 0.1) is 0 Å². The highest BCUT2D eigenvalue weighted by atomic mass is 16.5. The molecule has 1 aliphatic heterocycles. The summed E-state index contributed by atoms with van der Waals surface area (Å²) in [6.07, 6.45) is 0.763. The van der Waals surface area contributed by atoms with Crippen LogP contribution in [0.2, 0.25) is 0 Å². The number of anilines is 1. The highest BCUT2D eigenvalue weighted by molar-refractivity contribution is 5.91. The van der Waals surface area contributed by atoms with Gasteiger partial charge in [0.25, 0.3) is 0 Å². The Bertz CT molecular complexity index is 594. The van der Waals surface area contributed by atoms with Gasteiger partial charge in [-0.3, -0.25) is 4.79 Å². The van der Waals surface area contributed by atoms with Crippen LogP contribution in [-0.2, 0) is 20.8 Å². The summed E-state index contributed by atoms with van der Waals surface area (Å²) in [6.45, 7) is 2.49. The summed E-state index contributed by atoms with van der Waals surface area (Å²) < 4.78 is 15.5. The van der Waals surface area contributed by atoms with Crippen LogP contribution in [0.4, 0.5) is 10.5 Å². The van der Waals surface area contributed by atoms with E-state index in [9.17, 15) is 9.59 Å². The number of amides is 3. The molecule has 138 valence electrons. The van der Waals surface area contributed by atoms with Crippen LogP contribution in [0.15, 0.2) is 18.2 Å². The Labute approximate surface area is 147 Å². The summed E-state index contributed by atoms with van der Waals surface area (Å²) in [5.74, 6) is 0.490. The molecule has 1 heterocycles. The monoisotopic (exact) mass is 351 g/mol. The van der Waals surface area contributed by atoms with Crippen molar-refractivity contribution in [1.29, 1.82) is 0 Å². The molecule has 2 rings (SSSR count). The number of nitrogens with zero attached hydrogens (tertiary/aromatic N) is 1. The molecule has 0 spiro atoms. The van der Waals surface area contributed by atoms with Crippen LogP contribution in [-0.4, -0.2) is 64.0 Å². The second-order valence-electron chi connectivity index (χ2n) is 5.65. The van der Waals surface area contributed by atoms with Gasteiger partial charge in [-0.15, -0.1) is 0 Å². The zero-order chi connectivity index (χ0) is 18.1. The lowest BCUT2D eigenvalue weighted by Crippen LogP contribution is -2.41. The van der Waals surface area contributed by atoms with E-state index in [1.165, 1.54) is 7.11 Å². The largest absolute Gasteiger partial charge is 0.491 e. The van der Waals surface area contributed by atoms with Crippen molar-refractivity contribution in [1.82, 2.24) is 10.2 Å². The molecule has 25 heavy (non-hydrogen) atoms. The van der Waals surface area contributed by atoms with Crippen molar-refractivity contribution in [3.05, 3.63) is 23.8 Å². The quantitative estimate of drug-likeness (QED) is 0.721. The molecule has 2 N–H and O–H groups in total. The minimum absolute atomic E-state index is 0.0103. The zero-order valence-corrected chi connectivity index (χ0v) is 14.7. The third-order valence-electron chi connectivity index (χ3n) is 3.69. The van der Waals surface area contributed by atoms with Crippen LogP contribution in [0.5, 0.6) is 5.75 Å². The smallest absolute Gasteiger partial charge is 0.317 e. The number of carbonyl (C=O) groups excluding carboxylic acids is 2. The van der Waals surface area contributed by atoms with E-state index in [1.807, 2.05) is 6.07 Å². The number of carbonyl (C=O) groups is 2. The number of methoxy groups -OCH3 is 2. The first-order chi connectivity index (χ1) is 12.1. The summed E-state index contributed by atoms with van der Waals surface area (Å²) in [6, 6.07) is 5.26. The van der Waals surface area contributed by atoms with Gasteiger partial charge in [0.05, 0.1) is 13.1 Å². The second-order valence-corrected chi connectivity index (χ2v) is 5.65. The molecule has 1 aromatic rings. The van der Waals surface area contributed by atoms with Crippen molar-refractivity contribution in [3.8, 4) is 5.75 Å². The molecule has 0 atom stereocenters. The van der Waals surface area contributed by atoms with Gasteiger partial charge in [-0.25, -0.2) is 4.79 Å². The molecule has 8 heteroatoms. The standard InChI is InChI=1S/C17H25N3O5/c1-23-8-3-6-18-17(22)20-7-9-25-15-5-4-14(10-13(15)11-20)19-16(21)12-24-2/h4-5,10H,3,6-9,11-12H2,1-2H3,(H,18,22)(H,19,21). The van der Waals surface area contributed by atoms with Crippen molar-refractivity contribution >= 4 is 17.6 Å². The minimum Gasteiger partial charge on any atom is -0.491 e. The predicted octanol–water partition coefficient (Wildman–Crippen LogP) is 1.21. The van der Waals surface area contributed by atoms with Gasteiger partial charge in [0, 0.05) is 38.6 Å². The fourth-order valence-electron chi connectivity index (χ4n) is 2.50. The van der Waals surface area contributed by atoms with Gasteiger partial charge in [-0.05, 0) is 24.6 Å². The Morgan fingerprint density at radius 2 is 2.12 bits per heavy atom. The van der Waals surface area contributed by atoms with Gasteiger partial charge in [-0.2, -0.15) is 0 Å². The van der Waals surface area contributed by atoms with Crippen molar-refractivity contribution in [2.45, 2.75) is 13.0 Å². The lowest BCUT2D eigenvalue weighted by atomic mass is 10.1. The Morgan fingerprint density at radius 3 is 2.88 bits per heavy atom. The molecule has 0 unspecified atom stereocenters. The Balaban J connectivity index is 1.99. The maximum atomic E-state index is 12.3. The average Bonchev–Trinajstić information content (AvgIpc) is 2.80. The average molecular weight is 351 g/mol. The molecule has 3 amide bonds. The minimum atomic E-state index is -0.232. The molecular weight excluding hydrogens is 326 g/mol. The number of hydrogen-bond donors (Lipinski definition) is 2. The van der Waals surface area contributed by atoms with E-state index in [2.05, 4.69) is 10.6 Å². The van der Waals surface area contributed by atoms with Crippen molar-refractivity contribution in [2.75, 3.05) is 52.4 Å². The molecule has 0 aliphatic carbocycles. The van der Waals surface area contributed by atoms with Crippen LogP contribution in [0.1, 0.15) is 12.0 Å². The highest BCUT2D eigenvalue weighted by Crippen LogP contribution is 2.26. The number of fused-ring (bicyclic) bond motifs is 1. The third-order valence-corrected chi connectivity index (χ3v) is 3.69. The van der Waals surface area contributed by atoms with Gasteiger partial charge in [0.1, 0.15) is 19.0 Å². The highest BCUT2D eigenvalue weighted by Gasteiger charge is 2.20. The molecular formula is C17H25N3O5. The first-order valence-corrected chi connectivity index (χ1v) is 8.20. The van der Waals surface area contributed by atoms with E-state index >= 15 is 0 Å². The third kappa shape index (κ3) is 5.91. The van der Waals surface area contributed by atoms with E-state index < -0.39 is 0 Å². The van der Waals surface area contributed by atoms with Gasteiger partial charge in [0.2, 0.25) is 5.91 Å². The predicted molar refractivity (Wildman–Crippen MR) is 92.7 cm³/mol. The van der Waals surface area contributed by atoms with E-state index in [1.54, 1.807) is 24.1 Å². The van der Waals surface area contributed by atoms with Gasteiger partial charge in [-0.1, -0.05) is 0 Å². The maximum absolute atomic E-state index is 12.3. The molecule has 0 saturated heterocycles. The van der Waals surface area contributed by atoms with E-state index in [4.69, 9.17) is 14.2 Å². The summed E-state index contributed by atoms with van der Waals surface area (Å²) in [5, 5.41) is 5.63. The zero-order valence-electron chi connectivity index (χ0n) is 14.7. The number of rotatable bonds is 7. The first kappa shape index (κ1) is 19.0.